The standard InChI is InChI=1S/C23H27N3O2/c1-5-28-18-9-6-16(7-10-18)19-11-8-17(21-15-24-13-12-20(19)21)14-25-22(27)26-23(2,3)4/h6-13,15H,5,14H2,1-4H3,(H2,25,26,27). The van der Waals surface area contributed by atoms with Gasteiger partial charge in [-0.25, -0.2) is 4.79 Å². The van der Waals surface area contributed by atoms with Gasteiger partial charge in [-0.05, 0) is 68.0 Å². The number of pyridine rings is 1. The van der Waals surface area contributed by atoms with Crippen LogP contribution in [0.15, 0.2) is 54.9 Å². The third-order valence-electron chi connectivity index (χ3n) is 4.31. The molecular weight excluding hydrogens is 350 g/mol. The highest BCUT2D eigenvalue weighted by Gasteiger charge is 2.14. The van der Waals surface area contributed by atoms with Crippen molar-refractivity contribution in [3.05, 3.63) is 60.4 Å². The molecule has 146 valence electrons. The van der Waals surface area contributed by atoms with Crippen molar-refractivity contribution in [2.75, 3.05) is 6.61 Å². The molecule has 0 saturated heterocycles. The Bertz CT molecular complexity index is 960. The number of aromatic nitrogens is 1. The lowest BCUT2D eigenvalue weighted by atomic mass is 9.96. The number of nitrogens with one attached hydrogen (secondary N) is 2. The number of rotatable bonds is 5. The third kappa shape index (κ3) is 4.80. The molecule has 2 aromatic carbocycles. The van der Waals surface area contributed by atoms with Gasteiger partial charge in [0.25, 0.3) is 0 Å². The van der Waals surface area contributed by atoms with E-state index in [0.29, 0.717) is 13.2 Å². The minimum atomic E-state index is -0.273. The fraction of sp³-hybridized carbons (Fsp3) is 0.304. The maximum absolute atomic E-state index is 12.1. The molecule has 0 atom stereocenters. The van der Waals surface area contributed by atoms with Crippen LogP contribution in [0.4, 0.5) is 4.79 Å². The number of amides is 2. The minimum absolute atomic E-state index is 0.180. The number of carbonyl (C=O) groups excluding carboxylic acids is 1. The molecule has 2 amide bonds. The van der Waals surface area contributed by atoms with Crippen molar-refractivity contribution in [1.82, 2.24) is 15.6 Å². The molecule has 0 spiro atoms. The predicted molar refractivity (Wildman–Crippen MR) is 113 cm³/mol. The van der Waals surface area contributed by atoms with Gasteiger partial charge in [0.1, 0.15) is 5.75 Å². The van der Waals surface area contributed by atoms with Crippen molar-refractivity contribution in [3.8, 4) is 16.9 Å². The van der Waals surface area contributed by atoms with Crippen molar-refractivity contribution in [2.24, 2.45) is 0 Å². The summed E-state index contributed by atoms with van der Waals surface area (Å²) in [5.74, 6) is 0.864. The molecule has 5 nitrogen and oxygen atoms in total. The maximum atomic E-state index is 12.1. The Hall–Kier alpha value is -3.08. The maximum Gasteiger partial charge on any atom is 0.315 e. The summed E-state index contributed by atoms with van der Waals surface area (Å²) in [7, 11) is 0. The van der Waals surface area contributed by atoms with E-state index in [-0.39, 0.29) is 11.6 Å². The lowest BCUT2D eigenvalue weighted by molar-refractivity contribution is 0.231. The number of hydrogen-bond acceptors (Lipinski definition) is 3. The highest BCUT2D eigenvalue weighted by molar-refractivity contribution is 5.98. The van der Waals surface area contributed by atoms with Gasteiger partial charge in [-0.1, -0.05) is 24.3 Å². The molecule has 2 N–H and O–H groups in total. The van der Waals surface area contributed by atoms with E-state index in [1.54, 1.807) is 6.20 Å². The molecule has 1 heterocycles. The van der Waals surface area contributed by atoms with Crippen molar-refractivity contribution in [2.45, 2.75) is 39.8 Å². The second kappa shape index (κ2) is 8.30. The van der Waals surface area contributed by atoms with E-state index >= 15 is 0 Å². The molecule has 3 aromatic rings. The van der Waals surface area contributed by atoms with E-state index in [9.17, 15) is 4.79 Å². The van der Waals surface area contributed by atoms with Crippen molar-refractivity contribution < 1.29 is 9.53 Å². The van der Waals surface area contributed by atoms with Crippen LogP contribution < -0.4 is 15.4 Å². The highest BCUT2D eigenvalue weighted by Crippen LogP contribution is 2.31. The summed E-state index contributed by atoms with van der Waals surface area (Å²) in [5.41, 5.74) is 3.00. The van der Waals surface area contributed by atoms with Gasteiger partial charge in [0.15, 0.2) is 0 Å². The lowest BCUT2D eigenvalue weighted by Crippen LogP contribution is -2.46. The SMILES string of the molecule is CCOc1ccc(-c2ccc(CNC(=O)NC(C)(C)C)c3cnccc23)cc1. The Morgan fingerprint density at radius 3 is 2.46 bits per heavy atom. The van der Waals surface area contributed by atoms with Crippen LogP contribution >= 0.6 is 0 Å². The average Bonchev–Trinajstić information content (AvgIpc) is 2.66. The van der Waals surface area contributed by atoms with Crippen molar-refractivity contribution >= 4 is 16.8 Å². The van der Waals surface area contributed by atoms with Gasteiger partial charge in [-0.2, -0.15) is 0 Å². The second-order valence-electron chi connectivity index (χ2n) is 7.71. The molecule has 28 heavy (non-hydrogen) atoms. The van der Waals surface area contributed by atoms with Crippen LogP contribution in [0.25, 0.3) is 21.9 Å². The monoisotopic (exact) mass is 377 g/mol. The molecule has 0 unspecified atom stereocenters. The van der Waals surface area contributed by atoms with E-state index in [4.69, 9.17) is 4.74 Å². The topological polar surface area (TPSA) is 63.2 Å². The first-order valence-corrected chi connectivity index (χ1v) is 9.52. The predicted octanol–water partition coefficient (Wildman–Crippen LogP) is 4.90. The first kappa shape index (κ1) is 19.7. The Labute approximate surface area is 166 Å². The van der Waals surface area contributed by atoms with Gasteiger partial charge in [-0.15, -0.1) is 0 Å². The van der Waals surface area contributed by atoms with Gasteiger partial charge >= 0.3 is 6.03 Å². The largest absolute Gasteiger partial charge is 0.494 e. The molecular formula is C23H27N3O2. The first-order chi connectivity index (χ1) is 13.4. The van der Waals surface area contributed by atoms with Crippen LogP contribution in [0.3, 0.4) is 0 Å². The van der Waals surface area contributed by atoms with Gasteiger partial charge < -0.3 is 15.4 Å². The van der Waals surface area contributed by atoms with E-state index in [1.807, 2.05) is 58.2 Å². The van der Waals surface area contributed by atoms with Gasteiger partial charge in [0.05, 0.1) is 6.61 Å². The number of hydrogen-bond donors (Lipinski definition) is 2. The fourth-order valence-corrected chi connectivity index (χ4v) is 3.11. The van der Waals surface area contributed by atoms with Gasteiger partial charge in [0, 0.05) is 29.9 Å². The summed E-state index contributed by atoms with van der Waals surface area (Å²) in [6, 6.07) is 14.1. The van der Waals surface area contributed by atoms with E-state index < -0.39 is 0 Å². The van der Waals surface area contributed by atoms with Crippen molar-refractivity contribution in [3.63, 3.8) is 0 Å². The minimum Gasteiger partial charge on any atom is -0.494 e. The van der Waals surface area contributed by atoms with Gasteiger partial charge in [-0.3, -0.25) is 4.98 Å². The summed E-state index contributed by atoms with van der Waals surface area (Å²) < 4.78 is 5.54. The van der Waals surface area contributed by atoms with Crippen LogP contribution in [0.2, 0.25) is 0 Å². The number of urea groups is 1. The number of nitrogens with zero attached hydrogens (tertiary/aromatic N) is 1. The number of carbonyl (C=O) groups is 1. The molecule has 0 aliphatic heterocycles. The Morgan fingerprint density at radius 1 is 1.04 bits per heavy atom. The van der Waals surface area contributed by atoms with Gasteiger partial charge in [0.2, 0.25) is 0 Å². The Kier molecular flexibility index (Phi) is 5.83. The smallest absolute Gasteiger partial charge is 0.315 e. The quantitative estimate of drug-likeness (QED) is 0.665. The number of ether oxygens (including phenoxy) is 1. The molecule has 0 bridgehead atoms. The zero-order chi connectivity index (χ0) is 20.1. The summed E-state index contributed by atoms with van der Waals surface area (Å²) in [6.07, 6.45) is 3.65. The number of benzene rings is 2. The summed E-state index contributed by atoms with van der Waals surface area (Å²) in [4.78, 5) is 16.4. The molecule has 1 aromatic heterocycles. The molecule has 0 aliphatic carbocycles. The molecule has 0 aliphatic rings. The molecule has 0 fully saturated rings. The Balaban J connectivity index is 1.87. The zero-order valence-corrected chi connectivity index (χ0v) is 16.9. The van der Waals surface area contributed by atoms with Crippen molar-refractivity contribution in [1.29, 1.82) is 0 Å². The van der Waals surface area contributed by atoms with E-state index in [0.717, 1.165) is 33.2 Å². The third-order valence-corrected chi connectivity index (χ3v) is 4.31. The van der Waals surface area contributed by atoms with Crippen LogP contribution in [-0.4, -0.2) is 23.2 Å². The van der Waals surface area contributed by atoms with E-state index in [1.165, 1.54) is 0 Å². The average molecular weight is 377 g/mol. The molecule has 5 heteroatoms. The molecule has 0 saturated carbocycles. The summed E-state index contributed by atoms with van der Waals surface area (Å²) in [6.45, 7) is 8.93. The Morgan fingerprint density at radius 2 is 1.79 bits per heavy atom. The molecule has 0 radical (unpaired) electrons. The van der Waals surface area contributed by atoms with E-state index in [2.05, 4.69) is 33.8 Å². The zero-order valence-electron chi connectivity index (χ0n) is 16.9. The highest BCUT2D eigenvalue weighted by atomic mass is 16.5. The van der Waals surface area contributed by atoms with Crippen LogP contribution in [0.1, 0.15) is 33.3 Å². The van der Waals surface area contributed by atoms with Crippen LogP contribution in [0, 0.1) is 0 Å². The lowest BCUT2D eigenvalue weighted by Gasteiger charge is -2.21. The number of fused-ring (bicyclic) bond motifs is 1. The molecule has 3 rings (SSSR count). The second-order valence-corrected chi connectivity index (χ2v) is 7.71. The van der Waals surface area contributed by atoms with Crippen LogP contribution in [0.5, 0.6) is 5.75 Å². The van der Waals surface area contributed by atoms with Crippen LogP contribution in [-0.2, 0) is 6.54 Å². The normalized spacial score (nSPS) is 11.3. The summed E-state index contributed by atoms with van der Waals surface area (Å²) >= 11 is 0. The fourth-order valence-electron chi connectivity index (χ4n) is 3.11. The summed E-state index contributed by atoms with van der Waals surface area (Å²) in [5, 5.41) is 7.99. The first-order valence-electron chi connectivity index (χ1n) is 9.52.